The second kappa shape index (κ2) is 6.12. The Bertz CT molecular complexity index is 827. The molecule has 150 valence electrons. The maximum atomic E-state index is 13.0. The van der Waals surface area contributed by atoms with Gasteiger partial charge in [-0.2, -0.15) is 0 Å². The molecule has 5 aliphatic rings. The highest BCUT2D eigenvalue weighted by atomic mass is 35.5. The highest BCUT2D eigenvalue weighted by Crippen LogP contribution is 2.61. The third-order valence-electron chi connectivity index (χ3n) is 7.79. The normalized spacial score (nSPS) is 41.2. The Morgan fingerprint density at radius 3 is 2.61 bits per heavy atom. The summed E-state index contributed by atoms with van der Waals surface area (Å²) in [5.74, 6) is 1.33. The van der Waals surface area contributed by atoms with Gasteiger partial charge in [0.25, 0.3) is 0 Å². The molecule has 1 aliphatic heterocycles. The van der Waals surface area contributed by atoms with E-state index in [0.29, 0.717) is 29.3 Å². The number of esters is 1. The molecule has 4 saturated carbocycles. The lowest BCUT2D eigenvalue weighted by Crippen LogP contribution is -2.61. The Balaban J connectivity index is 1.42. The molecule has 1 heterocycles. The number of ether oxygens (including phenoxy) is 1. The lowest BCUT2D eigenvalue weighted by atomic mass is 9.47. The van der Waals surface area contributed by atoms with Crippen molar-refractivity contribution >= 4 is 23.6 Å². The summed E-state index contributed by atoms with van der Waals surface area (Å²) in [5, 5.41) is 3.89. The zero-order valence-corrected chi connectivity index (χ0v) is 17.2. The van der Waals surface area contributed by atoms with Crippen molar-refractivity contribution < 1.29 is 14.3 Å². The number of amides is 2. The molecule has 0 aromatic heterocycles. The first-order chi connectivity index (χ1) is 13.3. The molecule has 1 N–H and O–H groups in total. The van der Waals surface area contributed by atoms with Crippen LogP contribution in [0, 0.1) is 23.2 Å². The van der Waals surface area contributed by atoms with Gasteiger partial charge >= 0.3 is 12.0 Å². The number of hydrogen-bond donors (Lipinski definition) is 1. The van der Waals surface area contributed by atoms with Crippen molar-refractivity contribution in [2.45, 2.75) is 50.6 Å². The number of methoxy groups -OCH3 is 1. The summed E-state index contributed by atoms with van der Waals surface area (Å²) in [6, 6.07) is 7.98. The van der Waals surface area contributed by atoms with Crippen LogP contribution in [-0.4, -0.2) is 36.6 Å². The van der Waals surface area contributed by atoms with Gasteiger partial charge in [0.15, 0.2) is 0 Å². The minimum atomic E-state index is -0.448. The summed E-state index contributed by atoms with van der Waals surface area (Å²) < 4.78 is 5.17. The predicted molar refractivity (Wildman–Crippen MR) is 106 cm³/mol. The first-order valence-corrected chi connectivity index (χ1v) is 10.6. The van der Waals surface area contributed by atoms with Crippen molar-refractivity contribution in [2.24, 2.45) is 23.2 Å². The first-order valence-electron chi connectivity index (χ1n) is 10.3. The van der Waals surface area contributed by atoms with E-state index in [1.165, 1.54) is 7.11 Å². The van der Waals surface area contributed by atoms with E-state index in [0.717, 1.165) is 37.7 Å². The predicted octanol–water partition coefficient (Wildman–Crippen LogP) is 3.95. The van der Waals surface area contributed by atoms with Gasteiger partial charge in [-0.05, 0) is 74.5 Å². The monoisotopic (exact) mass is 402 g/mol. The van der Waals surface area contributed by atoms with Gasteiger partial charge in [0.2, 0.25) is 0 Å². The first kappa shape index (κ1) is 18.3. The van der Waals surface area contributed by atoms with Crippen molar-refractivity contribution in [1.82, 2.24) is 10.2 Å². The van der Waals surface area contributed by atoms with Crippen molar-refractivity contribution in [3.8, 4) is 0 Å². The molecule has 1 aromatic rings. The highest BCUT2D eigenvalue weighted by molar-refractivity contribution is 6.30. The summed E-state index contributed by atoms with van der Waals surface area (Å²) in [6.45, 7) is 2.71. The number of carbonyl (C=O) groups excluding carboxylic acids is 2. The van der Waals surface area contributed by atoms with Crippen molar-refractivity contribution in [1.29, 1.82) is 0 Å². The van der Waals surface area contributed by atoms with Crippen LogP contribution < -0.4 is 5.32 Å². The van der Waals surface area contributed by atoms with Crippen LogP contribution in [0.4, 0.5) is 4.79 Å². The molecule has 1 aromatic carbocycles. The third-order valence-corrected chi connectivity index (χ3v) is 8.03. The van der Waals surface area contributed by atoms with Crippen molar-refractivity contribution in [2.75, 3.05) is 13.7 Å². The molecule has 1 saturated heterocycles. The van der Waals surface area contributed by atoms with Gasteiger partial charge in [-0.25, -0.2) is 4.79 Å². The van der Waals surface area contributed by atoms with E-state index >= 15 is 0 Å². The van der Waals surface area contributed by atoms with E-state index in [4.69, 9.17) is 16.3 Å². The molecule has 0 radical (unpaired) electrons. The second-order valence-electron chi connectivity index (χ2n) is 9.63. The third kappa shape index (κ3) is 2.58. The Morgan fingerprint density at radius 1 is 1.25 bits per heavy atom. The highest BCUT2D eigenvalue weighted by Gasteiger charge is 2.61. The Morgan fingerprint density at radius 2 is 1.96 bits per heavy atom. The summed E-state index contributed by atoms with van der Waals surface area (Å²) >= 11 is 6.19. The van der Waals surface area contributed by atoms with Gasteiger partial charge in [-0.3, -0.25) is 4.79 Å². The number of nitrogens with zero attached hydrogens (tertiary/aromatic N) is 1. The Kier molecular flexibility index (Phi) is 4.00. The maximum Gasteiger partial charge on any atom is 0.318 e. The quantitative estimate of drug-likeness (QED) is 0.779. The van der Waals surface area contributed by atoms with E-state index in [1.54, 1.807) is 0 Å². The number of carbonyl (C=O) groups is 2. The largest absolute Gasteiger partial charge is 0.469 e. The lowest BCUT2D eigenvalue weighted by molar-refractivity contribution is -0.174. The van der Waals surface area contributed by atoms with Gasteiger partial charge in [0.1, 0.15) is 0 Å². The van der Waals surface area contributed by atoms with Crippen LogP contribution in [0.3, 0.4) is 0 Å². The number of urea groups is 1. The Hall–Kier alpha value is -1.75. The molecule has 3 unspecified atom stereocenters. The minimum absolute atomic E-state index is 0.00654. The molecule has 5 fully saturated rings. The molecule has 0 spiro atoms. The average molecular weight is 403 g/mol. The number of benzene rings is 1. The fourth-order valence-electron chi connectivity index (χ4n) is 6.97. The summed E-state index contributed by atoms with van der Waals surface area (Å²) in [6.07, 6.45) is 4.92. The number of halogens is 1. The zero-order valence-electron chi connectivity index (χ0n) is 16.4. The van der Waals surface area contributed by atoms with E-state index in [1.807, 2.05) is 24.3 Å². The standard InChI is InChI=1S/C22H27ClN2O3/c1-21(16-4-3-5-17(23)8-16)12-25(20(27)24-21)18-14-6-13-7-15(18)11-22(9-13,10-14)19(26)28-2/h3-5,8,13-15,18H,6-7,9-12H2,1-2H3,(H,24,27). The summed E-state index contributed by atoms with van der Waals surface area (Å²) in [5.41, 5.74) is 0.274. The van der Waals surface area contributed by atoms with E-state index in [9.17, 15) is 9.59 Å². The van der Waals surface area contributed by atoms with Gasteiger partial charge < -0.3 is 15.0 Å². The smallest absolute Gasteiger partial charge is 0.318 e. The molecular formula is C22H27ClN2O3. The fourth-order valence-corrected chi connectivity index (χ4v) is 7.16. The van der Waals surface area contributed by atoms with Gasteiger partial charge in [0, 0.05) is 17.6 Å². The number of nitrogens with one attached hydrogen (secondary N) is 1. The SMILES string of the molecule is COC(=O)C12CC3CC(C1)C(N1CC(C)(c4cccc(Cl)c4)NC1=O)C(C3)C2. The van der Waals surface area contributed by atoms with Crippen molar-refractivity contribution in [3.05, 3.63) is 34.9 Å². The molecule has 4 aliphatic carbocycles. The van der Waals surface area contributed by atoms with Crippen LogP contribution in [0.2, 0.25) is 5.02 Å². The van der Waals surface area contributed by atoms with Gasteiger partial charge in [-0.1, -0.05) is 23.7 Å². The topological polar surface area (TPSA) is 58.6 Å². The molecule has 4 bridgehead atoms. The molecule has 3 atom stereocenters. The fraction of sp³-hybridized carbons (Fsp3) is 0.636. The van der Waals surface area contributed by atoms with E-state index < -0.39 is 5.54 Å². The molecule has 28 heavy (non-hydrogen) atoms. The maximum absolute atomic E-state index is 13.0. The van der Waals surface area contributed by atoms with E-state index in [2.05, 4.69) is 17.1 Å². The van der Waals surface area contributed by atoms with Crippen LogP contribution in [0.5, 0.6) is 0 Å². The van der Waals surface area contributed by atoms with Crippen molar-refractivity contribution in [3.63, 3.8) is 0 Å². The van der Waals surface area contributed by atoms with Crippen LogP contribution in [0.25, 0.3) is 0 Å². The average Bonchev–Trinajstić information content (AvgIpc) is 2.96. The van der Waals surface area contributed by atoms with Gasteiger partial charge in [0.05, 0.1) is 18.1 Å². The molecular weight excluding hydrogens is 376 g/mol. The molecule has 6 rings (SSSR count). The van der Waals surface area contributed by atoms with Gasteiger partial charge in [-0.15, -0.1) is 0 Å². The zero-order chi connectivity index (χ0) is 19.7. The molecule has 2 amide bonds. The number of rotatable bonds is 3. The minimum Gasteiger partial charge on any atom is -0.469 e. The van der Waals surface area contributed by atoms with Crippen LogP contribution in [0.1, 0.15) is 44.6 Å². The van der Waals surface area contributed by atoms with Crippen LogP contribution in [0.15, 0.2) is 24.3 Å². The molecule has 6 heteroatoms. The summed E-state index contributed by atoms with van der Waals surface area (Å²) in [4.78, 5) is 27.6. The molecule has 5 nitrogen and oxygen atoms in total. The number of hydrogen-bond acceptors (Lipinski definition) is 3. The second-order valence-corrected chi connectivity index (χ2v) is 10.1. The lowest BCUT2D eigenvalue weighted by Gasteiger charge is -2.60. The van der Waals surface area contributed by atoms with E-state index in [-0.39, 0.29) is 23.5 Å². The van der Waals surface area contributed by atoms with Crippen LogP contribution >= 0.6 is 11.6 Å². The Labute approximate surface area is 170 Å². The summed E-state index contributed by atoms with van der Waals surface area (Å²) in [7, 11) is 1.50. The van der Waals surface area contributed by atoms with Crippen LogP contribution in [-0.2, 0) is 15.1 Å².